The first kappa shape index (κ1) is 18.3. The first-order valence-electron chi connectivity index (χ1n) is 8.44. The molecule has 0 unspecified atom stereocenters. The molecule has 4 nitrogen and oxygen atoms in total. The Morgan fingerprint density at radius 1 is 1.08 bits per heavy atom. The van der Waals surface area contributed by atoms with E-state index in [1.807, 2.05) is 12.1 Å². The zero-order valence-corrected chi connectivity index (χ0v) is 15.4. The van der Waals surface area contributed by atoms with Gasteiger partial charge in [-0.05, 0) is 49.8 Å². The highest BCUT2D eigenvalue weighted by molar-refractivity contribution is 7.09. The van der Waals surface area contributed by atoms with Crippen molar-refractivity contribution >= 4 is 17.3 Å². The quantitative estimate of drug-likeness (QED) is 0.414. The molecule has 0 aliphatic carbocycles. The normalized spacial score (nSPS) is 11.3. The maximum absolute atomic E-state index is 5.73. The summed E-state index contributed by atoms with van der Waals surface area (Å²) < 4.78 is 5.73. The van der Waals surface area contributed by atoms with Gasteiger partial charge in [0.1, 0.15) is 5.75 Å². The third kappa shape index (κ3) is 7.04. The lowest BCUT2D eigenvalue weighted by molar-refractivity contribution is 0.307. The van der Waals surface area contributed by atoms with Gasteiger partial charge in [-0.1, -0.05) is 23.8 Å². The molecule has 0 saturated carbocycles. The summed E-state index contributed by atoms with van der Waals surface area (Å²) >= 11 is 1.79. The van der Waals surface area contributed by atoms with E-state index >= 15 is 0 Å². The minimum absolute atomic E-state index is 0.745. The topological polar surface area (TPSA) is 45.7 Å². The zero-order valence-electron chi connectivity index (χ0n) is 14.5. The molecule has 24 heavy (non-hydrogen) atoms. The van der Waals surface area contributed by atoms with Crippen LogP contribution in [0.3, 0.4) is 0 Å². The molecule has 0 spiro atoms. The molecule has 1 heterocycles. The Hall–Kier alpha value is -2.01. The van der Waals surface area contributed by atoms with Crippen molar-refractivity contribution in [1.82, 2.24) is 10.6 Å². The van der Waals surface area contributed by atoms with Gasteiger partial charge in [0.25, 0.3) is 0 Å². The number of hydrogen-bond donors (Lipinski definition) is 2. The number of ether oxygens (including phenoxy) is 1. The number of guanidine groups is 1. The number of nitrogens with one attached hydrogen (secondary N) is 2. The van der Waals surface area contributed by atoms with E-state index in [0.29, 0.717) is 0 Å². The van der Waals surface area contributed by atoms with Gasteiger partial charge in [-0.15, -0.1) is 11.3 Å². The van der Waals surface area contributed by atoms with E-state index < -0.39 is 0 Å². The molecule has 0 aliphatic heterocycles. The zero-order chi connectivity index (χ0) is 17.0. The van der Waals surface area contributed by atoms with Gasteiger partial charge in [0.2, 0.25) is 0 Å². The van der Waals surface area contributed by atoms with Crippen LogP contribution in [0, 0.1) is 6.92 Å². The average Bonchev–Trinajstić information content (AvgIpc) is 3.11. The number of unbranched alkanes of at least 4 members (excludes halogenated alkanes) is 1. The largest absolute Gasteiger partial charge is 0.494 e. The van der Waals surface area contributed by atoms with Crippen LogP contribution in [0.1, 0.15) is 23.3 Å². The molecule has 1 aromatic heterocycles. The summed E-state index contributed by atoms with van der Waals surface area (Å²) in [5.74, 6) is 1.81. The van der Waals surface area contributed by atoms with Gasteiger partial charge in [0.15, 0.2) is 5.96 Å². The first-order valence-corrected chi connectivity index (χ1v) is 9.32. The SMILES string of the molecule is CN=C(NCCCCOc1ccc(C)cc1)NCCc1cccs1. The number of aryl methyl sites for hydroxylation is 1. The summed E-state index contributed by atoms with van der Waals surface area (Å²) in [6.45, 7) is 4.62. The van der Waals surface area contributed by atoms with Gasteiger partial charge in [-0.25, -0.2) is 0 Å². The van der Waals surface area contributed by atoms with E-state index in [9.17, 15) is 0 Å². The van der Waals surface area contributed by atoms with E-state index in [2.05, 4.69) is 52.2 Å². The van der Waals surface area contributed by atoms with Crippen molar-refractivity contribution in [2.75, 3.05) is 26.7 Å². The molecular formula is C19H27N3OS. The van der Waals surface area contributed by atoms with Crippen LogP contribution in [0.2, 0.25) is 0 Å². The predicted octanol–water partition coefficient (Wildman–Crippen LogP) is 3.62. The highest BCUT2D eigenvalue weighted by atomic mass is 32.1. The second kappa shape index (κ2) is 10.7. The Balaban J connectivity index is 1.51. The van der Waals surface area contributed by atoms with Crippen LogP contribution < -0.4 is 15.4 Å². The molecule has 0 amide bonds. The smallest absolute Gasteiger partial charge is 0.190 e. The number of rotatable bonds is 9. The first-order chi connectivity index (χ1) is 11.8. The van der Waals surface area contributed by atoms with E-state index in [1.165, 1.54) is 10.4 Å². The highest BCUT2D eigenvalue weighted by Crippen LogP contribution is 2.11. The summed E-state index contributed by atoms with van der Waals surface area (Å²) in [7, 11) is 1.81. The summed E-state index contributed by atoms with van der Waals surface area (Å²) in [5.41, 5.74) is 1.25. The van der Waals surface area contributed by atoms with Crippen LogP contribution in [0.15, 0.2) is 46.8 Å². The molecule has 0 radical (unpaired) electrons. The Morgan fingerprint density at radius 3 is 2.58 bits per heavy atom. The number of nitrogens with zero attached hydrogens (tertiary/aromatic N) is 1. The highest BCUT2D eigenvalue weighted by Gasteiger charge is 1.99. The lowest BCUT2D eigenvalue weighted by atomic mass is 10.2. The van der Waals surface area contributed by atoms with Crippen LogP contribution in [0.5, 0.6) is 5.75 Å². The van der Waals surface area contributed by atoms with E-state index in [4.69, 9.17) is 4.74 Å². The molecule has 0 fully saturated rings. The van der Waals surface area contributed by atoms with Crippen molar-refractivity contribution in [3.63, 3.8) is 0 Å². The van der Waals surface area contributed by atoms with Crippen molar-refractivity contribution in [3.8, 4) is 5.75 Å². The standard InChI is InChI=1S/C19H27N3OS/c1-16-7-9-17(10-8-16)23-14-4-3-12-21-19(20-2)22-13-11-18-6-5-15-24-18/h5-10,15H,3-4,11-14H2,1-2H3,(H2,20,21,22). The van der Waals surface area contributed by atoms with Crippen molar-refractivity contribution in [2.24, 2.45) is 4.99 Å². The Kier molecular flexibility index (Phi) is 8.18. The molecule has 0 atom stereocenters. The lowest BCUT2D eigenvalue weighted by Gasteiger charge is -2.11. The van der Waals surface area contributed by atoms with Crippen molar-refractivity contribution in [1.29, 1.82) is 0 Å². The second-order valence-electron chi connectivity index (χ2n) is 5.62. The summed E-state index contributed by atoms with van der Waals surface area (Å²) in [6, 6.07) is 12.4. The summed E-state index contributed by atoms with van der Waals surface area (Å²) in [6.07, 6.45) is 3.10. The fourth-order valence-electron chi connectivity index (χ4n) is 2.24. The molecule has 1 aromatic carbocycles. The maximum atomic E-state index is 5.73. The third-order valence-electron chi connectivity index (χ3n) is 3.62. The lowest BCUT2D eigenvalue weighted by Crippen LogP contribution is -2.38. The number of aliphatic imine (C=N–C) groups is 1. The minimum atomic E-state index is 0.745. The van der Waals surface area contributed by atoms with Crippen LogP contribution in [0.25, 0.3) is 0 Å². The van der Waals surface area contributed by atoms with E-state index in [1.54, 1.807) is 18.4 Å². The maximum Gasteiger partial charge on any atom is 0.190 e. The van der Waals surface area contributed by atoms with Crippen LogP contribution in [0.4, 0.5) is 0 Å². The Morgan fingerprint density at radius 2 is 1.88 bits per heavy atom. The monoisotopic (exact) mass is 345 g/mol. The molecule has 0 bridgehead atoms. The summed E-state index contributed by atoms with van der Waals surface area (Å²) in [4.78, 5) is 5.64. The predicted molar refractivity (Wildman–Crippen MR) is 103 cm³/mol. The van der Waals surface area contributed by atoms with Crippen LogP contribution >= 0.6 is 11.3 Å². The number of benzene rings is 1. The average molecular weight is 346 g/mol. The fraction of sp³-hybridized carbons (Fsp3) is 0.421. The van der Waals surface area contributed by atoms with Gasteiger partial charge in [0, 0.05) is 25.0 Å². The fourth-order valence-corrected chi connectivity index (χ4v) is 2.95. The Labute approximate surface area is 149 Å². The van der Waals surface area contributed by atoms with Gasteiger partial charge in [0.05, 0.1) is 6.61 Å². The molecule has 130 valence electrons. The number of thiophene rings is 1. The van der Waals surface area contributed by atoms with Gasteiger partial charge in [-0.3, -0.25) is 4.99 Å². The van der Waals surface area contributed by atoms with Crippen molar-refractivity contribution in [2.45, 2.75) is 26.2 Å². The molecule has 0 aliphatic rings. The van der Waals surface area contributed by atoms with E-state index in [0.717, 1.165) is 50.7 Å². The van der Waals surface area contributed by atoms with E-state index in [-0.39, 0.29) is 0 Å². The van der Waals surface area contributed by atoms with Crippen molar-refractivity contribution < 1.29 is 4.74 Å². The molecule has 2 rings (SSSR count). The van der Waals surface area contributed by atoms with Gasteiger partial charge in [-0.2, -0.15) is 0 Å². The van der Waals surface area contributed by atoms with Gasteiger partial charge < -0.3 is 15.4 Å². The van der Waals surface area contributed by atoms with Crippen LogP contribution in [-0.2, 0) is 6.42 Å². The number of hydrogen-bond acceptors (Lipinski definition) is 3. The summed E-state index contributed by atoms with van der Waals surface area (Å²) in [5, 5.41) is 8.80. The van der Waals surface area contributed by atoms with Crippen molar-refractivity contribution in [3.05, 3.63) is 52.2 Å². The third-order valence-corrected chi connectivity index (χ3v) is 4.56. The minimum Gasteiger partial charge on any atom is -0.494 e. The van der Waals surface area contributed by atoms with Crippen LogP contribution in [-0.4, -0.2) is 32.7 Å². The molecule has 5 heteroatoms. The second-order valence-corrected chi connectivity index (χ2v) is 6.66. The molecule has 0 saturated heterocycles. The molecule has 2 N–H and O–H groups in total. The van der Waals surface area contributed by atoms with Gasteiger partial charge >= 0.3 is 0 Å². The Bertz CT molecular complexity index is 594. The molecule has 2 aromatic rings. The molecular weight excluding hydrogens is 318 g/mol.